The molecule has 0 spiro atoms. The molecule has 13 heteroatoms. The molecule has 0 radical (unpaired) electrons. The van der Waals surface area contributed by atoms with E-state index in [1.807, 2.05) is 0 Å². The lowest BCUT2D eigenvalue weighted by atomic mass is 10.0. The monoisotopic (exact) mass is 473 g/mol. The highest BCUT2D eigenvalue weighted by atomic mass is 16.4. The standard InChI is InChI=1S/C20H35N5O8/c1-9(2)7-13(20(32)33)24-18(30)12(5-6-14(22)26)23-19(31)16(10(3)4)25-17(29)11(21)8-15(27)28/h9-13,16H,5-8,21H2,1-4H3,(H2,22,26)(H,23,31)(H,24,30)(H,25,29)(H,27,28)(H,32,33). The number of rotatable bonds is 15. The van der Waals surface area contributed by atoms with E-state index in [9.17, 15) is 33.9 Å². The third-order valence-electron chi connectivity index (χ3n) is 4.61. The summed E-state index contributed by atoms with van der Waals surface area (Å²) in [5.74, 6) is -6.27. The first-order valence-electron chi connectivity index (χ1n) is 10.5. The van der Waals surface area contributed by atoms with Crippen LogP contribution in [0.4, 0.5) is 0 Å². The largest absolute Gasteiger partial charge is 0.481 e. The zero-order valence-electron chi connectivity index (χ0n) is 19.3. The molecule has 0 aromatic carbocycles. The van der Waals surface area contributed by atoms with E-state index in [0.29, 0.717) is 0 Å². The summed E-state index contributed by atoms with van der Waals surface area (Å²) < 4.78 is 0. The van der Waals surface area contributed by atoms with Crippen LogP contribution in [0.3, 0.4) is 0 Å². The van der Waals surface area contributed by atoms with Crippen LogP contribution < -0.4 is 27.4 Å². The van der Waals surface area contributed by atoms with Gasteiger partial charge in [0.05, 0.1) is 12.5 Å². The highest BCUT2D eigenvalue weighted by molar-refractivity contribution is 5.95. The van der Waals surface area contributed by atoms with Crippen LogP contribution in [-0.4, -0.2) is 69.9 Å². The van der Waals surface area contributed by atoms with Crippen molar-refractivity contribution in [2.24, 2.45) is 23.3 Å². The van der Waals surface area contributed by atoms with Gasteiger partial charge < -0.3 is 37.6 Å². The Bertz CT molecular complexity index is 740. The van der Waals surface area contributed by atoms with Gasteiger partial charge in [0.25, 0.3) is 0 Å². The SMILES string of the molecule is CC(C)CC(NC(=O)C(CCC(N)=O)NC(=O)C(NC(=O)C(N)CC(=O)O)C(C)C)C(=O)O. The topological polar surface area (TPSA) is 231 Å². The van der Waals surface area contributed by atoms with Gasteiger partial charge in [-0.15, -0.1) is 0 Å². The lowest BCUT2D eigenvalue weighted by molar-refractivity contribution is -0.143. The molecule has 0 aliphatic rings. The fourth-order valence-electron chi connectivity index (χ4n) is 2.86. The van der Waals surface area contributed by atoms with Crippen molar-refractivity contribution < 1.29 is 39.0 Å². The first-order valence-corrected chi connectivity index (χ1v) is 10.5. The predicted octanol–water partition coefficient (Wildman–Crippen LogP) is -1.70. The number of hydrogen-bond acceptors (Lipinski definition) is 7. The van der Waals surface area contributed by atoms with Crippen LogP contribution in [0.2, 0.25) is 0 Å². The van der Waals surface area contributed by atoms with E-state index in [-0.39, 0.29) is 25.2 Å². The summed E-state index contributed by atoms with van der Waals surface area (Å²) in [6.45, 7) is 6.77. The Morgan fingerprint density at radius 1 is 0.818 bits per heavy atom. The minimum absolute atomic E-state index is 0.0411. The number of carbonyl (C=O) groups is 6. The van der Waals surface area contributed by atoms with E-state index < -0.39 is 72.1 Å². The van der Waals surface area contributed by atoms with Gasteiger partial charge in [0.15, 0.2) is 0 Å². The van der Waals surface area contributed by atoms with Crippen molar-refractivity contribution in [2.45, 2.75) is 77.5 Å². The van der Waals surface area contributed by atoms with Gasteiger partial charge in [0.1, 0.15) is 18.1 Å². The molecule has 0 saturated carbocycles. The molecule has 0 rings (SSSR count). The second-order valence-electron chi connectivity index (χ2n) is 8.53. The molecule has 188 valence electrons. The fraction of sp³-hybridized carbons (Fsp3) is 0.700. The Morgan fingerprint density at radius 3 is 1.79 bits per heavy atom. The Labute approximate surface area is 192 Å². The first-order chi connectivity index (χ1) is 15.1. The normalized spacial score (nSPS) is 14.6. The van der Waals surface area contributed by atoms with Gasteiger partial charge in [-0.1, -0.05) is 27.7 Å². The second-order valence-corrected chi connectivity index (χ2v) is 8.53. The van der Waals surface area contributed by atoms with Crippen molar-refractivity contribution in [2.75, 3.05) is 0 Å². The highest BCUT2D eigenvalue weighted by Gasteiger charge is 2.32. The Morgan fingerprint density at radius 2 is 1.36 bits per heavy atom. The molecule has 0 aromatic rings. The zero-order chi connectivity index (χ0) is 25.9. The number of carbonyl (C=O) groups excluding carboxylic acids is 4. The van der Waals surface area contributed by atoms with Crippen LogP contribution in [0.1, 0.15) is 53.4 Å². The third kappa shape index (κ3) is 11.8. The Hall–Kier alpha value is -3.22. The van der Waals surface area contributed by atoms with Crippen molar-refractivity contribution in [3.8, 4) is 0 Å². The molecule has 0 heterocycles. The van der Waals surface area contributed by atoms with Crippen molar-refractivity contribution in [3.63, 3.8) is 0 Å². The number of hydrogen-bond donors (Lipinski definition) is 7. The lowest BCUT2D eigenvalue weighted by Crippen LogP contribution is -2.58. The van der Waals surface area contributed by atoms with E-state index in [4.69, 9.17) is 16.6 Å². The third-order valence-corrected chi connectivity index (χ3v) is 4.61. The molecular weight excluding hydrogens is 438 g/mol. The summed E-state index contributed by atoms with van der Waals surface area (Å²) in [6, 6.07) is -5.07. The second kappa shape index (κ2) is 14.0. The van der Waals surface area contributed by atoms with Gasteiger partial charge in [-0.3, -0.25) is 24.0 Å². The molecule has 9 N–H and O–H groups in total. The average Bonchev–Trinajstić information content (AvgIpc) is 2.66. The molecule has 0 aromatic heterocycles. The summed E-state index contributed by atoms with van der Waals surface area (Å²) >= 11 is 0. The van der Waals surface area contributed by atoms with E-state index in [1.165, 1.54) is 0 Å². The van der Waals surface area contributed by atoms with Crippen LogP contribution in [0.25, 0.3) is 0 Å². The van der Waals surface area contributed by atoms with Crippen LogP contribution in [0, 0.1) is 11.8 Å². The Kier molecular flexibility index (Phi) is 12.7. The predicted molar refractivity (Wildman–Crippen MR) is 116 cm³/mol. The van der Waals surface area contributed by atoms with Crippen molar-refractivity contribution in [1.82, 2.24) is 16.0 Å². The summed E-state index contributed by atoms with van der Waals surface area (Å²) in [4.78, 5) is 71.1. The number of primary amides is 1. The molecule has 0 aliphatic heterocycles. The maximum Gasteiger partial charge on any atom is 0.326 e. The van der Waals surface area contributed by atoms with Crippen LogP contribution in [-0.2, 0) is 28.8 Å². The molecule has 33 heavy (non-hydrogen) atoms. The quantitative estimate of drug-likeness (QED) is 0.143. The van der Waals surface area contributed by atoms with Gasteiger partial charge in [0, 0.05) is 6.42 Å². The number of nitrogens with one attached hydrogen (secondary N) is 3. The zero-order valence-corrected chi connectivity index (χ0v) is 19.3. The lowest BCUT2D eigenvalue weighted by Gasteiger charge is -2.27. The fourth-order valence-corrected chi connectivity index (χ4v) is 2.86. The first kappa shape index (κ1) is 29.8. The molecule has 0 saturated heterocycles. The van der Waals surface area contributed by atoms with Gasteiger partial charge in [-0.2, -0.15) is 0 Å². The summed E-state index contributed by atoms with van der Waals surface area (Å²) in [5.41, 5.74) is 10.7. The molecule has 4 amide bonds. The van der Waals surface area contributed by atoms with Crippen molar-refractivity contribution >= 4 is 35.6 Å². The molecule has 0 bridgehead atoms. The van der Waals surface area contributed by atoms with Crippen LogP contribution >= 0.6 is 0 Å². The minimum atomic E-state index is -1.39. The van der Waals surface area contributed by atoms with Gasteiger partial charge in [-0.05, 0) is 24.7 Å². The van der Waals surface area contributed by atoms with Gasteiger partial charge in [-0.25, -0.2) is 4.79 Å². The van der Waals surface area contributed by atoms with Crippen LogP contribution in [0.5, 0.6) is 0 Å². The maximum atomic E-state index is 12.8. The van der Waals surface area contributed by atoms with E-state index in [2.05, 4.69) is 16.0 Å². The number of carboxylic acids is 2. The molecule has 4 unspecified atom stereocenters. The molecule has 4 atom stereocenters. The maximum absolute atomic E-state index is 12.8. The number of amides is 4. The highest BCUT2D eigenvalue weighted by Crippen LogP contribution is 2.08. The van der Waals surface area contributed by atoms with Crippen LogP contribution in [0.15, 0.2) is 0 Å². The van der Waals surface area contributed by atoms with Gasteiger partial charge >= 0.3 is 11.9 Å². The Balaban J connectivity index is 5.52. The molecule has 13 nitrogen and oxygen atoms in total. The summed E-state index contributed by atoms with van der Waals surface area (Å²) in [5, 5.41) is 25.2. The van der Waals surface area contributed by atoms with E-state index in [0.717, 1.165) is 0 Å². The summed E-state index contributed by atoms with van der Waals surface area (Å²) in [6.07, 6.45) is -0.960. The van der Waals surface area contributed by atoms with Gasteiger partial charge in [0.2, 0.25) is 23.6 Å². The number of nitrogens with two attached hydrogens (primary N) is 2. The molecular formula is C20H35N5O8. The summed E-state index contributed by atoms with van der Waals surface area (Å²) in [7, 11) is 0. The molecule has 0 fully saturated rings. The van der Waals surface area contributed by atoms with Crippen molar-refractivity contribution in [3.05, 3.63) is 0 Å². The van der Waals surface area contributed by atoms with E-state index in [1.54, 1.807) is 27.7 Å². The average molecular weight is 474 g/mol. The minimum Gasteiger partial charge on any atom is -0.481 e. The molecule has 0 aliphatic carbocycles. The smallest absolute Gasteiger partial charge is 0.326 e. The van der Waals surface area contributed by atoms with E-state index >= 15 is 0 Å². The van der Waals surface area contributed by atoms with Crippen molar-refractivity contribution in [1.29, 1.82) is 0 Å². The number of carboxylic acid groups (broad SMARTS) is 2. The number of aliphatic carboxylic acids is 2.